The van der Waals surface area contributed by atoms with Crippen molar-refractivity contribution in [2.45, 2.75) is 19.4 Å². The SMILES string of the molecule is Cc1cccc2[nH]cc(CC(=O)NC(CO)c3ccco3)c12. The molecule has 0 spiro atoms. The Morgan fingerprint density at radius 1 is 1.36 bits per heavy atom. The number of amides is 1. The fourth-order valence-corrected chi connectivity index (χ4v) is 2.71. The van der Waals surface area contributed by atoms with Gasteiger partial charge in [-0.3, -0.25) is 4.79 Å². The van der Waals surface area contributed by atoms with Gasteiger partial charge in [-0.1, -0.05) is 12.1 Å². The van der Waals surface area contributed by atoms with Gasteiger partial charge in [0.25, 0.3) is 0 Å². The fraction of sp³-hybridized carbons (Fsp3) is 0.235. The number of benzene rings is 1. The number of hydrogen-bond donors (Lipinski definition) is 3. The van der Waals surface area contributed by atoms with Crippen molar-refractivity contribution in [3.8, 4) is 0 Å². The summed E-state index contributed by atoms with van der Waals surface area (Å²) in [6, 6.07) is 8.94. The van der Waals surface area contributed by atoms with Crippen LogP contribution in [0.15, 0.2) is 47.2 Å². The topological polar surface area (TPSA) is 78.3 Å². The molecule has 22 heavy (non-hydrogen) atoms. The van der Waals surface area contributed by atoms with Crippen LogP contribution in [0.1, 0.15) is 22.9 Å². The highest BCUT2D eigenvalue weighted by Gasteiger charge is 2.17. The smallest absolute Gasteiger partial charge is 0.225 e. The van der Waals surface area contributed by atoms with Crippen molar-refractivity contribution in [1.29, 1.82) is 0 Å². The number of carbonyl (C=O) groups excluding carboxylic acids is 1. The summed E-state index contributed by atoms with van der Waals surface area (Å²) in [6.45, 7) is 1.82. The summed E-state index contributed by atoms with van der Waals surface area (Å²) in [4.78, 5) is 15.4. The van der Waals surface area contributed by atoms with E-state index in [1.54, 1.807) is 12.1 Å². The molecule has 114 valence electrons. The van der Waals surface area contributed by atoms with Gasteiger partial charge in [0, 0.05) is 17.1 Å². The summed E-state index contributed by atoms with van der Waals surface area (Å²) in [5.74, 6) is 0.394. The van der Waals surface area contributed by atoms with Gasteiger partial charge in [-0.25, -0.2) is 0 Å². The molecule has 1 aromatic carbocycles. The highest BCUT2D eigenvalue weighted by Crippen LogP contribution is 2.22. The molecule has 3 N–H and O–H groups in total. The number of furan rings is 1. The number of rotatable bonds is 5. The van der Waals surface area contributed by atoms with Gasteiger partial charge in [-0.2, -0.15) is 0 Å². The molecule has 1 unspecified atom stereocenters. The predicted molar refractivity (Wildman–Crippen MR) is 83.4 cm³/mol. The van der Waals surface area contributed by atoms with Gasteiger partial charge in [0.1, 0.15) is 11.8 Å². The van der Waals surface area contributed by atoms with Crippen LogP contribution >= 0.6 is 0 Å². The maximum absolute atomic E-state index is 12.3. The lowest BCUT2D eigenvalue weighted by Gasteiger charge is -2.13. The van der Waals surface area contributed by atoms with Gasteiger partial charge in [0.2, 0.25) is 5.91 Å². The molecule has 0 fully saturated rings. The van der Waals surface area contributed by atoms with E-state index in [0.717, 1.165) is 22.0 Å². The minimum absolute atomic E-state index is 0.153. The molecule has 0 aliphatic heterocycles. The minimum atomic E-state index is -0.520. The quantitative estimate of drug-likeness (QED) is 0.677. The maximum Gasteiger partial charge on any atom is 0.225 e. The molecule has 0 saturated heterocycles. The van der Waals surface area contributed by atoms with Crippen molar-refractivity contribution in [2.75, 3.05) is 6.61 Å². The Morgan fingerprint density at radius 2 is 2.23 bits per heavy atom. The van der Waals surface area contributed by atoms with E-state index >= 15 is 0 Å². The summed E-state index contributed by atoms with van der Waals surface area (Å²) in [5.41, 5.74) is 3.10. The molecule has 5 heteroatoms. The van der Waals surface area contributed by atoms with Crippen LogP contribution in [0.2, 0.25) is 0 Å². The Labute approximate surface area is 128 Å². The van der Waals surface area contributed by atoms with Gasteiger partial charge in [-0.05, 0) is 36.2 Å². The van der Waals surface area contributed by atoms with Crippen molar-refractivity contribution in [3.63, 3.8) is 0 Å². The van der Waals surface area contributed by atoms with Crippen molar-refractivity contribution in [1.82, 2.24) is 10.3 Å². The zero-order valence-electron chi connectivity index (χ0n) is 12.3. The van der Waals surface area contributed by atoms with E-state index in [2.05, 4.69) is 10.3 Å². The van der Waals surface area contributed by atoms with Crippen LogP contribution in [0.25, 0.3) is 10.9 Å². The summed E-state index contributed by atoms with van der Waals surface area (Å²) in [6.07, 6.45) is 3.63. The molecule has 5 nitrogen and oxygen atoms in total. The van der Waals surface area contributed by atoms with Crippen molar-refractivity contribution < 1.29 is 14.3 Å². The second-order valence-corrected chi connectivity index (χ2v) is 5.31. The average molecular weight is 298 g/mol. The first-order chi connectivity index (χ1) is 10.7. The first-order valence-corrected chi connectivity index (χ1v) is 7.18. The Morgan fingerprint density at radius 3 is 2.95 bits per heavy atom. The molecule has 0 aliphatic carbocycles. The lowest BCUT2D eigenvalue weighted by atomic mass is 10.0. The summed E-state index contributed by atoms with van der Waals surface area (Å²) >= 11 is 0. The third kappa shape index (κ3) is 2.76. The number of aliphatic hydroxyl groups excluding tert-OH is 1. The van der Waals surface area contributed by atoms with Crippen molar-refractivity contribution >= 4 is 16.8 Å². The van der Waals surface area contributed by atoms with Crippen LogP contribution < -0.4 is 5.32 Å². The van der Waals surface area contributed by atoms with Crippen LogP contribution in [0.4, 0.5) is 0 Å². The largest absolute Gasteiger partial charge is 0.467 e. The fourth-order valence-electron chi connectivity index (χ4n) is 2.71. The van der Waals surface area contributed by atoms with Gasteiger partial charge in [-0.15, -0.1) is 0 Å². The third-order valence-corrected chi connectivity index (χ3v) is 3.75. The molecule has 0 radical (unpaired) electrons. The Bertz CT molecular complexity index is 774. The Hall–Kier alpha value is -2.53. The zero-order chi connectivity index (χ0) is 15.5. The summed E-state index contributed by atoms with van der Waals surface area (Å²) in [7, 11) is 0. The number of carbonyl (C=O) groups is 1. The van der Waals surface area contributed by atoms with Gasteiger partial charge in [0.05, 0.1) is 19.3 Å². The lowest BCUT2D eigenvalue weighted by molar-refractivity contribution is -0.121. The average Bonchev–Trinajstić information content (AvgIpc) is 3.15. The normalized spacial score (nSPS) is 12.5. The van der Waals surface area contributed by atoms with Gasteiger partial charge in [0.15, 0.2) is 0 Å². The number of aromatic amines is 1. The molecule has 1 amide bonds. The maximum atomic E-state index is 12.3. The van der Waals surface area contributed by atoms with Crippen molar-refractivity contribution in [2.24, 2.45) is 0 Å². The minimum Gasteiger partial charge on any atom is -0.467 e. The molecule has 1 atom stereocenters. The molecule has 3 aromatic rings. The second-order valence-electron chi connectivity index (χ2n) is 5.31. The van der Waals surface area contributed by atoms with E-state index in [1.165, 1.54) is 6.26 Å². The van der Waals surface area contributed by atoms with Crippen molar-refractivity contribution in [3.05, 3.63) is 59.7 Å². The summed E-state index contributed by atoms with van der Waals surface area (Å²) < 4.78 is 5.23. The van der Waals surface area contributed by atoms with Crippen LogP contribution in [-0.4, -0.2) is 22.6 Å². The Balaban J connectivity index is 1.76. The number of fused-ring (bicyclic) bond motifs is 1. The molecule has 3 rings (SSSR count). The van der Waals surface area contributed by atoms with Gasteiger partial charge < -0.3 is 19.8 Å². The molecular weight excluding hydrogens is 280 g/mol. The molecule has 0 saturated carbocycles. The highest BCUT2D eigenvalue weighted by atomic mass is 16.3. The standard InChI is InChI=1S/C17H18N2O3/c1-11-4-2-5-13-17(11)12(9-18-13)8-16(21)19-14(10-20)15-6-3-7-22-15/h2-7,9,14,18,20H,8,10H2,1H3,(H,19,21). The van der Waals surface area contributed by atoms with E-state index in [1.807, 2.05) is 31.3 Å². The number of aromatic nitrogens is 1. The van der Waals surface area contributed by atoms with Crippen LogP contribution in [0.5, 0.6) is 0 Å². The molecule has 0 aliphatic rings. The first kappa shape index (κ1) is 14.4. The highest BCUT2D eigenvalue weighted by molar-refractivity contribution is 5.91. The van der Waals surface area contributed by atoms with Crippen LogP contribution in [-0.2, 0) is 11.2 Å². The number of aliphatic hydroxyl groups is 1. The second kappa shape index (κ2) is 6.07. The first-order valence-electron chi connectivity index (χ1n) is 7.18. The Kier molecular flexibility index (Phi) is 3.98. The monoisotopic (exact) mass is 298 g/mol. The molecule has 0 bridgehead atoms. The van der Waals surface area contributed by atoms with Crippen LogP contribution in [0.3, 0.4) is 0 Å². The molecule has 2 aromatic heterocycles. The van der Waals surface area contributed by atoms with E-state index in [4.69, 9.17) is 4.42 Å². The van der Waals surface area contributed by atoms with Crippen LogP contribution in [0, 0.1) is 6.92 Å². The van der Waals surface area contributed by atoms with E-state index in [9.17, 15) is 9.90 Å². The lowest BCUT2D eigenvalue weighted by Crippen LogP contribution is -2.31. The zero-order valence-corrected chi connectivity index (χ0v) is 12.3. The number of aryl methyl sites for hydroxylation is 1. The third-order valence-electron chi connectivity index (χ3n) is 3.75. The van der Waals surface area contributed by atoms with E-state index in [0.29, 0.717) is 5.76 Å². The predicted octanol–water partition coefficient (Wildman–Crippen LogP) is 2.46. The molecular formula is C17H18N2O3. The number of nitrogens with one attached hydrogen (secondary N) is 2. The molecule has 2 heterocycles. The van der Waals surface area contributed by atoms with Gasteiger partial charge >= 0.3 is 0 Å². The van der Waals surface area contributed by atoms with E-state index < -0.39 is 6.04 Å². The summed E-state index contributed by atoms with van der Waals surface area (Å²) in [5, 5.41) is 13.3. The van der Waals surface area contributed by atoms with E-state index in [-0.39, 0.29) is 18.9 Å². The number of H-pyrrole nitrogens is 1. The number of hydrogen-bond acceptors (Lipinski definition) is 3.